The molecule has 3 saturated heterocycles. The molecule has 4 aromatic heterocycles. The predicted octanol–water partition coefficient (Wildman–Crippen LogP) is 5.41. The van der Waals surface area contributed by atoms with Gasteiger partial charge in [0.1, 0.15) is 63.5 Å². The molecular weight excluding hydrogens is 1030 g/mol. The molecule has 7 heterocycles. The fourth-order valence-electron chi connectivity index (χ4n) is 9.76. The number of amides is 3. The molecule has 9 rings (SSSR count). The second kappa shape index (κ2) is 22.9. The molecule has 77 heavy (non-hydrogen) atoms. The van der Waals surface area contributed by atoms with Gasteiger partial charge < -0.3 is 35.4 Å². The van der Waals surface area contributed by atoms with Crippen LogP contribution >= 0.6 is 11.3 Å². The lowest BCUT2D eigenvalue weighted by molar-refractivity contribution is -0.139. The number of aromatic nitrogens is 7. The standard InChI is InChI=1S/C53H65FN14O7S2/c1-31-32(2)63-64-47(31)62-48-37-25-43(77(73,74)53(4,5)6)42(26-38(37)58-30-59-48)75-24-23-65-19-21-66(22-20-65)44-28-56-39(27-57-44)51(71)67-17-14-34(15-18-67)45(61-49(70)33(3)55-7)52(72)68-16-8-9-41(68)50-60-40(29-76-50)46(69)35-10-12-36(54)13-11-35/h10-13,25-30,33-34,41,45,55H,8-9,14-24H2,1-7H3,(H,61,70)(H2,58,59,62,63,64)/t33-,41-,45-/m0/s1. The van der Waals surface area contributed by atoms with E-state index in [1.54, 1.807) is 68.3 Å². The third-order valence-corrected chi connectivity index (χ3v) is 18.3. The quantitative estimate of drug-likeness (QED) is 0.0833. The van der Waals surface area contributed by atoms with Gasteiger partial charge in [0, 0.05) is 86.0 Å². The minimum absolute atomic E-state index is 0.0544. The van der Waals surface area contributed by atoms with Gasteiger partial charge in [0.05, 0.1) is 34.7 Å². The Morgan fingerprint density at radius 2 is 1.65 bits per heavy atom. The highest BCUT2D eigenvalue weighted by Gasteiger charge is 2.42. The Morgan fingerprint density at radius 3 is 2.31 bits per heavy atom. The number of thiazole rings is 1. The number of likely N-dealkylation sites (tertiary alicyclic amines) is 2. The number of nitrogens with one attached hydrogen (secondary N) is 4. The molecule has 24 heteroatoms. The molecule has 3 aliphatic heterocycles. The van der Waals surface area contributed by atoms with Crippen LogP contribution in [-0.4, -0.2) is 165 Å². The van der Waals surface area contributed by atoms with Crippen LogP contribution in [0.15, 0.2) is 65.4 Å². The number of benzene rings is 2. The number of ketones is 1. The van der Waals surface area contributed by atoms with E-state index in [0.717, 1.165) is 17.7 Å². The van der Waals surface area contributed by atoms with Crippen molar-refractivity contribution in [3.8, 4) is 5.75 Å². The monoisotopic (exact) mass is 1090 g/mol. The molecule has 0 unspecified atom stereocenters. The Morgan fingerprint density at radius 1 is 0.909 bits per heavy atom. The third-order valence-electron chi connectivity index (χ3n) is 14.9. The van der Waals surface area contributed by atoms with Gasteiger partial charge in [-0.15, -0.1) is 11.3 Å². The topological polar surface area (TPSA) is 254 Å². The molecule has 6 aromatic rings. The molecule has 3 aliphatic rings. The van der Waals surface area contributed by atoms with E-state index < -0.39 is 32.5 Å². The summed E-state index contributed by atoms with van der Waals surface area (Å²) in [6.07, 6.45) is 6.81. The Kier molecular flexibility index (Phi) is 16.3. The van der Waals surface area contributed by atoms with Crippen molar-refractivity contribution in [2.75, 3.05) is 76.2 Å². The number of aromatic amines is 1. The summed E-state index contributed by atoms with van der Waals surface area (Å²) in [6, 6.07) is 6.74. The summed E-state index contributed by atoms with van der Waals surface area (Å²) in [4.78, 5) is 85.5. The van der Waals surface area contributed by atoms with E-state index in [-0.39, 0.29) is 64.1 Å². The van der Waals surface area contributed by atoms with Crippen LogP contribution in [0.1, 0.15) is 102 Å². The molecule has 0 radical (unpaired) electrons. The van der Waals surface area contributed by atoms with Crippen LogP contribution < -0.4 is 25.6 Å². The van der Waals surface area contributed by atoms with Gasteiger partial charge in [0.2, 0.25) is 17.6 Å². The van der Waals surface area contributed by atoms with Crippen LogP contribution in [0.3, 0.4) is 0 Å². The summed E-state index contributed by atoms with van der Waals surface area (Å²) >= 11 is 1.30. The summed E-state index contributed by atoms with van der Waals surface area (Å²) in [6.45, 7) is 15.1. The maximum absolute atomic E-state index is 14.6. The lowest BCUT2D eigenvalue weighted by Gasteiger charge is -2.38. The van der Waals surface area contributed by atoms with Crippen LogP contribution in [0.25, 0.3) is 10.9 Å². The Hall–Kier alpha value is -7.02. The van der Waals surface area contributed by atoms with Gasteiger partial charge >= 0.3 is 0 Å². The molecule has 3 fully saturated rings. The maximum Gasteiger partial charge on any atom is 0.274 e. The average molecular weight is 1090 g/mol. The SMILES string of the molecule is CN[C@@H](C)C(=O)N[C@H](C(=O)N1CCC[C@H]1c1nc(C(=O)c2ccc(F)cc2)cs1)C1CCN(C(=O)c2cnc(N3CCN(CCOc4cc5ncnc(Nc6n[nH]c(C)c6C)c5cc4S(=O)(=O)C(C)(C)C)CC3)cn2)CC1. The van der Waals surface area contributed by atoms with Gasteiger partial charge in [-0.25, -0.2) is 37.7 Å². The molecule has 4 N–H and O–H groups in total. The van der Waals surface area contributed by atoms with Crippen molar-refractivity contribution in [3.05, 3.63) is 99.5 Å². The number of hydrogen-bond acceptors (Lipinski definition) is 18. The number of likely N-dealkylation sites (N-methyl/N-ethyl adjacent to an activating group) is 1. The zero-order valence-corrected chi connectivity index (χ0v) is 45.9. The molecule has 0 spiro atoms. The van der Waals surface area contributed by atoms with Crippen molar-refractivity contribution >= 4 is 73.0 Å². The van der Waals surface area contributed by atoms with Crippen molar-refractivity contribution in [2.45, 2.75) is 95.0 Å². The fraction of sp³-hybridized carbons (Fsp3) is 0.472. The largest absolute Gasteiger partial charge is 0.491 e. The van der Waals surface area contributed by atoms with Gasteiger partial charge in [-0.2, -0.15) is 5.10 Å². The summed E-state index contributed by atoms with van der Waals surface area (Å²) in [7, 11) is -2.19. The lowest BCUT2D eigenvalue weighted by Crippen LogP contribution is -2.57. The molecule has 3 atom stereocenters. The molecule has 0 aliphatic carbocycles. The zero-order chi connectivity index (χ0) is 54.8. The molecule has 3 amide bonds. The van der Waals surface area contributed by atoms with Crippen molar-refractivity contribution < 1.29 is 36.7 Å². The zero-order valence-electron chi connectivity index (χ0n) is 44.3. The number of ether oxygens (including phenoxy) is 1. The number of piperidine rings is 1. The average Bonchev–Trinajstić information content (AvgIpc) is 4.24. The number of piperazine rings is 1. The second-order valence-corrected chi connectivity index (χ2v) is 24.3. The smallest absolute Gasteiger partial charge is 0.274 e. The number of aryl methyl sites for hydroxylation is 1. The third kappa shape index (κ3) is 11.8. The van der Waals surface area contributed by atoms with Crippen LogP contribution in [-0.2, 0) is 19.4 Å². The normalized spacial score (nSPS) is 17.6. The second-order valence-electron chi connectivity index (χ2n) is 20.8. The number of carbonyl (C=O) groups excluding carboxylic acids is 4. The molecule has 2 aromatic carbocycles. The van der Waals surface area contributed by atoms with Crippen LogP contribution in [0.5, 0.6) is 5.75 Å². The first-order valence-electron chi connectivity index (χ1n) is 25.9. The highest BCUT2D eigenvalue weighted by molar-refractivity contribution is 7.92. The van der Waals surface area contributed by atoms with E-state index >= 15 is 0 Å². The number of fused-ring (bicyclic) bond motifs is 1. The Labute approximate surface area is 450 Å². The Bertz CT molecular complexity index is 3240. The van der Waals surface area contributed by atoms with Crippen molar-refractivity contribution in [3.63, 3.8) is 0 Å². The number of carbonyl (C=O) groups is 4. The summed E-state index contributed by atoms with van der Waals surface area (Å²) in [5.41, 5.74) is 3.07. The number of halogens is 1. The van der Waals surface area contributed by atoms with Gasteiger partial charge in [0.25, 0.3) is 5.91 Å². The van der Waals surface area contributed by atoms with Crippen LogP contribution in [0.2, 0.25) is 0 Å². The molecule has 0 bridgehead atoms. The summed E-state index contributed by atoms with van der Waals surface area (Å²) in [5.74, 6) is -0.000734. The van der Waals surface area contributed by atoms with Crippen LogP contribution in [0, 0.1) is 25.6 Å². The van der Waals surface area contributed by atoms with E-state index in [0.29, 0.717) is 111 Å². The maximum atomic E-state index is 14.6. The van der Waals surface area contributed by atoms with Crippen LogP contribution in [0.4, 0.5) is 21.8 Å². The first kappa shape index (κ1) is 54.8. The highest BCUT2D eigenvalue weighted by atomic mass is 32.2. The number of nitrogens with zero attached hydrogens (tertiary/aromatic N) is 10. The fourth-order valence-corrected chi connectivity index (χ4v) is 12.0. The van der Waals surface area contributed by atoms with Crippen molar-refractivity contribution in [1.29, 1.82) is 0 Å². The highest BCUT2D eigenvalue weighted by Crippen LogP contribution is 2.39. The van der Waals surface area contributed by atoms with Gasteiger partial charge in [-0.3, -0.25) is 29.2 Å². The number of anilines is 3. The Balaban J connectivity index is 0.787. The summed E-state index contributed by atoms with van der Waals surface area (Å²) in [5, 5.41) is 19.3. The minimum Gasteiger partial charge on any atom is -0.491 e. The minimum atomic E-state index is -3.86. The number of hydrogen-bond donors (Lipinski definition) is 4. The lowest BCUT2D eigenvalue weighted by atomic mass is 9.88. The van der Waals surface area contributed by atoms with Gasteiger partial charge in [0.15, 0.2) is 15.7 Å². The molecule has 0 saturated carbocycles. The first-order chi connectivity index (χ1) is 36.8. The summed E-state index contributed by atoms with van der Waals surface area (Å²) < 4.78 is 46.7. The first-order valence-corrected chi connectivity index (χ1v) is 28.2. The predicted molar refractivity (Wildman–Crippen MR) is 289 cm³/mol. The van der Waals surface area contributed by atoms with E-state index in [4.69, 9.17) is 4.74 Å². The number of H-pyrrole nitrogens is 1. The van der Waals surface area contributed by atoms with Crippen molar-refractivity contribution in [1.82, 2.24) is 60.5 Å². The molecule has 408 valence electrons. The number of sulfone groups is 1. The van der Waals surface area contributed by atoms with Gasteiger partial charge in [-0.1, -0.05) is 0 Å². The molecular formula is C53H65FN14O7S2. The van der Waals surface area contributed by atoms with E-state index in [1.165, 1.54) is 48.1 Å². The molecule has 21 nitrogen and oxygen atoms in total. The van der Waals surface area contributed by atoms with E-state index in [1.807, 2.05) is 13.8 Å². The van der Waals surface area contributed by atoms with Gasteiger partial charge in [-0.05, 0) is 111 Å². The number of rotatable bonds is 17. The van der Waals surface area contributed by atoms with E-state index in [2.05, 4.69) is 60.9 Å². The van der Waals surface area contributed by atoms with Crippen molar-refractivity contribution in [2.24, 2.45) is 5.92 Å². The van der Waals surface area contributed by atoms with E-state index in [9.17, 15) is 32.0 Å².